The summed E-state index contributed by atoms with van der Waals surface area (Å²) in [6, 6.07) is 7.75. The largest absolute Gasteiger partial charge is 0.433 e. The van der Waals surface area contributed by atoms with Crippen molar-refractivity contribution in [3.63, 3.8) is 0 Å². The molecule has 172 valence electrons. The van der Waals surface area contributed by atoms with Gasteiger partial charge >= 0.3 is 6.18 Å². The van der Waals surface area contributed by atoms with Crippen LogP contribution in [0.5, 0.6) is 0 Å². The number of rotatable bonds is 4. The van der Waals surface area contributed by atoms with Crippen LogP contribution < -0.4 is 10.6 Å². The molecule has 0 radical (unpaired) electrons. The predicted octanol–water partition coefficient (Wildman–Crippen LogP) is 6.09. The highest BCUT2D eigenvalue weighted by atomic mass is 35.5. The van der Waals surface area contributed by atoms with Crippen LogP contribution in [0.15, 0.2) is 42.7 Å². The highest BCUT2D eigenvalue weighted by Gasteiger charge is 2.34. The molecule has 3 heterocycles. The summed E-state index contributed by atoms with van der Waals surface area (Å²) < 4.78 is 42.3. The normalized spacial score (nSPS) is 19.2. The Bertz CT molecular complexity index is 1320. The number of anilines is 2. The van der Waals surface area contributed by atoms with Crippen LogP contribution in [0.25, 0.3) is 16.6 Å². The van der Waals surface area contributed by atoms with Crippen molar-refractivity contribution in [3.05, 3.63) is 59.1 Å². The van der Waals surface area contributed by atoms with Crippen LogP contribution in [0.4, 0.5) is 24.8 Å². The van der Waals surface area contributed by atoms with Gasteiger partial charge < -0.3 is 10.6 Å². The Hall–Kier alpha value is -3.07. The van der Waals surface area contributed by atoms with Crippen LogP contribution in [-0.4, -0.2) is 31.4 Å². The lowest BCUT2D eigenvalue weighted by molar-refractivity contribution is -0.140. The van der Waals surface area contributed by atoms with E-state index in [1.165, 1.54) is 6.07 Å². The number of hydrogen-bond acceptors (Lipinski definition) is 5. The monoisotopic (exact) mass is 474 g/mol. The van der Waals surface area contributed by atoms with Crippen molar-refractivity contribution in [2.75, 3.05) is 10.6 Å². The van der Waals surface area contributed by atoms with E-state index in [1.807, 2.05) is 23.6 Å². The van der Waals surface area contributed by atoms with Gasteiger partial charge in [-0.2, -0.15) is 13.2 Å². The number of pyridine rings is 1. The number of aryl methyl sites for hydroxylation is 1. The van der Waals surface area contributed by atoms with Crippen molar-refractivity contribution >= 4 is 39.8 Å². The molecule has 0 bridgehead atoms. The summed E-state index contributed by atoms with van der Waals surface area (Å²) in [4.78, 5) is 12.7. The van der Waals surface area contributed by atoms with E-state index in [2.05, 4.69) is 25.6 Å². The van der Waals surface area contributed by atoms with E-state index in [0.717, 1.165) is 43.1 Å². The lowest BCUT2D eigenvalue weighted by Crippen LogP contribution is -2.35. The molecule has 0 amide bonds. The van der Waals surface area contributed by atoms with Crippen molar-refractivity contribution in [2.45, 2.75) is 50.9 Å². The molecule has 0 saturated heterocycles. The Labute approximate surface area is 193 Å². The summed E-state index contributed by atoms with van der Waals surface area (Å²) in [5.74, 6) is 0.708. The van der Waals surface area contributed by atoms with Crippen molar-refractivity contribution in [1.82, 2.24) is 19.4 Å². The van der Waals surface area contributed by atoms with Crippen molar-refractivity contribution in [1.29, 1.82) is 0 Å². The van der Waals surface area contributed by atoms with E-state index in [0.29, 0.717) is 22.0 Å². The third kappa shape index (κ3) is 4.55. The molecule has 0 spiro atoms. The van der Waals surface area contributed by atoms with Gasteiger partial charge in [0.15, 0.2) is 0 Å². The van der Waals surface area contributed by atoms with E-state index in [-0.39, 0.29) is 17.6 Å². The Morgan fingerprint density at radius 3 is 2.64 bits per heavy atom. The molecule has 10 heteroatoms. The van der Waals surface area contributed by atoms with E-state index < -0.39 is 11.9 Å². The minimum Gasteiger partial charge on any atom is -0.382 e. The molecule has 1 aromatic carbocycles. The summed E-state index contributed by atoms with van der Waals surface area (Å²) >= 11 is 6.12. The SMILES string of the molecule is Cc1cn2c(N[C@@H]3CCC[C@H](Nc4cc(C(F)(F)F)nc5ccc(Cl)cc45)C3)nccc2n1. The summed E-state index contributed by atoms with van der Waals surface area (Å²) in [6.07, 6.45) is 2.57. The Morgan fingerprint density at radius 2 is 1.85 bits per heavy atom. The molecular formula is C23H22ClF3N6. The Kier molecular flexibility index (Phi) is 5.52. The Balaban J connectivity index is 1.40. The van der Waals surface area contributed by atoms with Gasteiger partial charge in [0.1, 0.15) is 11.3 Å². The zero-order valence-electron chi connectivity index (χ0n) is 17.8. The highest BCUT2D eigenvalue weighted by Crippen LogP contribution is 2.35. The van der Waals surface area contributed by atoms with Gasteiger partial charge in [-0.05, 0) is 62.9 Å². The zero-order valence-corrected chi connectivity index (χ0v) is 18.6. The third-order valence-electron chi connectivity index (χ3n) is 5.93. The maximum absolute atomic E-state index is 13.4. The first kappa shape index (κ1) is 21.8. The first-order chi connectivity index (χ1) is 15.8. The number of hydrogen-bond donors (Lipinski definition) is 2. The molecule has 1 fully saturated rings. The average Bonchev–Trinajstić information content (AvgIpc) is 3.15. The maximum atomic E-state index is 13.4. The number of nitrogens with one attached hydrogen (secondary N) is 2. The summed E-state index contributed by atoms with van der Waals surface area (Å²) in [5.41, 5.74) is 1.45. The van der Waals surface area contributed by atoms with Crippen LogP contribution in [0.1, 0.15) is 37.1 Å². The summed E-state index contributed by atoms with van der Waals surface area (Å²) in [6.45, 7) is 1.93. The molecule has 6 nitrogen and oxygen atoms in total. The molecule has 0 aliphatic heterocycles. The van der Waals surface area contributed by atoms with Gasteiger partial charge in [-0.3, -0.25) is 4.40 Å². The van der Waals surface area contributed by atoms with Crippen LogP contribution in [0.3, 0.4) is 0 Å². The van der Waals surface area contributed by atoms with Crippen LogP contribution in [-0.2, 0) is 6.18 Å². The molecule has 1 aliphatic rings. The molecule has 1 aliphatic carbocycles. The molecule has 2 N–H and O–H groups in total. The van der Waals surface area contributed by atoms with Gasteiger partial charge in [0.2, 0.25) is 5.95 Å². The lowest BCUT2D eigenvalue weighted by Gasteiger charge is -2.31. The third-order valence-corrected chi connectivity index (χ3v) is 6.17. The predicted molar refractivity (Wildman–Crippen MR) is 123 cm³/mol. The first-order valence-electron chi connectivity index (χ1n) is 10.8. The van der Waals surface area contributed by atoms with Gasteiger partial charge in [0.25, 0.3) is 0 Å². The van der Waals surface area contributed by atoms with E-state index in [4.69, 9.17) is 11.6 Å². The topological polar surface area (TPSA) is 67.1 Å². The van der Waals surface area contributed by atoms with Crippen molar-refractivity contribution in [3.8, 4) is 0 Å². The maximum Gasteiger partial charge on any atom is 0.433 e. The van der Waals surface area contributed by atoms with Gasteiger partial charge in [-0.25, -0.2) is 15.0 Å². The molecule has 33 heavy (non-hydrogen) atoms. The number of fused-ring (bicyclic) bond motifs is 2. The Morgan fingerprint density at radius 1 is 1.06 bits per heavy atom. The second-order valence-corrected chi connectivity index (χ2v) is 8.88. The number of benzene rings is 1. The van der Waals surface area contributed by atoms with Gasteiger partial charge in [-0.1, -0.05) is 11.6 Å². The zero-order chi connectivity index (χ0) is 23.2. The van der Waals surface area contributed by atoms with E-state index in [1.54, 1.807) is 18.3 Å². The fourth-order valence-electron chi connectivity index (χ4n) is 4.46. The van der Waals surface area contributed by atoms with Gasteiger partial charge in [0, 0.05) is 40.6 Å². The molecular weight excluding hydrogens is 453 g/mol. The lowest BCUT2D eigenvalue weighted by atomic mass is 9.90. The fraction of sp³-hybridized carbons (Fsp3) is 0.348. The second kappa shape index (κ2) is 8.37. The highest BCUT2D eigenvalue weighted by molar-refractivity contribution is 6.31. The molecule has 2 atom stereocenters. The van der Waals surface area contributed by atoms with Crippen LogP contribution in [0, 0.1) is 6.92 Å². The molecule has 0 unspecified atom stereocenters. The first-order valence-corrected chi connectivity index (χ1v) is 11.2. The van der Waals surface area contributed by atoms with E-state index >= 15 is 0 Å². The summed E-state index contributed by atoms with van der Waals surface area (Å²) in [7, 11) is 0. The molecule has 1 saturated carbocycles. The molecule has 3 aromatic heterocycles. The van der Waals surface area contributed by atoms with Crippen molar-refractivity contribution < 1.29 is 13.2 Å². The number of aromatic nitrogens is 4. The van der Waals surface area contributed by atoms with Crippen LogP contribution >= 0.6 is 11.6 Å². The van der Waals surface area contributed by atoms with E-state index in [9.17, 15) is 13.2 Å². The van der Waals surface area contributed by atoms with Gasteiger partial charge in [0.05, 0.1) is 11.2 Å². The average molecular weight is 475 g/mol. The van der Waals surface area contributed by atoms with Crippen LogP contribution in [0.2, 0.25) is 5.02 Å². The number of halogens is 4. The minimum absolute atomic E-state index is 0.00867. The van der Waals surface area contributed by atoms with Gasteiger partial charge in [-0.15, -0.1) is 0 Å². The molecule has 5 rings (SSSR count). The smallest absolute Gasteiger partial charge is 0.382 e. The number of nitrogens with zero attached hydrogens (tertiary/aromatic N) is 4. The number of alkyl halides is 3. The fourth-order valence-corrected chi connectivity index (χ4v) is 4.64. The second-order valence-electron chi connectivity index (χ2n) is 8.44. The number of imidazole rings is 1. The molecule has 4 aromatic rings. The summed E-state index contributed by atoms with van der Waals surface area (Å²) in [5, 5.41) is 7.86. The standard InChI is InChI=1S/C23H22ClF3N6/c1-13-12-33-21(29-13)7-8-28-22(33)31-16-4-2-3-15(10-16)30-19-11-20(23(25,26)27)32-18-6-5-14(24)9-17(18)19/h5-9,11-12,15-16H,2-4,10H2,1H3,(H,28,31)(H,30,32)/t15-,16+/m0/s1. The minimum atomic E-state index is -4.53. The quantitative estimate of drug-likeness (QED) is 0.374. The van der Waals surface area contributed by atoms with Crippen molar-refractivity contribution in [2.24, 2.45) is 0 Å².